The maximum atomic E-state index is 16.2. The molecule has 0 bridgehead atoms. The van der Waals surface area contributed by atoms with E-state index >= 15 is 14.4 Å². The molecule has 0 unspecified atom stereocenters. The molecule has 0 saturated carbocycles. The van der Waals surface area contributed by atoms with Crippen molar-refractivity contribution in [2.45, 2.75) is 42.4 Å². The number of amides is 3. The lowest BCUT2D eigenvalue weighted by Crippen LogP contribution is -2.56. The molecular weight excluding hydrogens is 845 g/mol. The third kappa shape index (κ3) is 7.62. The molecule has 0 radical (unpaired) electrons. The molecule has 2 fully saturated rings. The number of aliphatic hydroxyl groups excluding tert-OH is 2. The fourth-order valence-electron chi connectivity index (χ4n) is 9.83. The second-order valence-electron chi connectivity index (χ2n) is 16.2. The van der Waals surface area contributed by atoms with Crippen LogP contribution in [0.25, 0.3) is 0 Å². The Morgan fingerprint density at radius 3 is 2.09 bits per heavy atom. The summed E-state index contributed by atoms with van der Waals surface area (Å²) in [4.78, 5) is 75.1. The molecule has 334 valence electrons. The largest absolute Gasteiger partial charge is 0.491 e. The number of rotatable bonds is 13. The standard InChI is InChI=1S/C51H44N4O11/c56-28-29-64-41-23-13-10-20-37(41)46-51(38-21-11-12-22-39(38)53(49(51)60)50(61)65-31-32-24-26-36(27-25-32)55(62)63)42(47(58)52-30-40(57)33-14-4-1-5-15-33)44-48(59)66-45(35-18-8-3-9-19-35)43(54(44)46)34-16-6-2-7-17-34/h1-27,40,42-46,56-57H,28-31H2,(H,52,58)/t40-,42-,43-,44-,45+,46+,51-/m0/s1. The predicted octanol–water partition coefficient (Wildman–Crippen LogP) is 6.82. The maximum absolute atomic E-state index is 16.2. The fraction of sp³-hybridized carbons (Fsp3) is 0.216. The molecule has 3 aliphatic heterocycles. The highest BCUT2D eigenvalue weighted by atomic mass is 16.6. The van der Waals surface area contributed by atoms with Gasteiger partial charge in [0.2, 0.25) is 11.8 Å². The van der Waals surface area contributed by atoms with Crippen molar-refractivity contribution in [2.75, 3.05) is 24.7 Å². The van der Waals surface area contributed by atoms with Crippen LogP contribution < -0.4 is 15.0 Å². The Kier molecular flexibility index (Phi) is 12.1. The number of nitrogens with zero attached hydrogens (tertiary/aromatic N) is 3. The first-order valence-corrected chi connectivity index (χ1v) is 21.4. The first-order valence-electron chi connectivity index (χ1n) is 21.4. The minimum absolute atomic E-state index is 0.0983. The summed E-state index contributed by atoms with van der Waals surface area (Å²) >= 11 is 0. The SMILES string of the molecule is O=C1O[C@H](c2ccccc2)[C@H](c2ccccc2)N2[C@H]1[C@@H](C(=O)NC[C@H](O)c1ccccc1)[C@]1(C(=O)N(C(=O)OCc3ccc([N+](=O)[O-])cc3)c3ccccc31)[C@H]2c1ccccc1OCCO. The molecule has 66 heavy (non-hydrogen) atoms. The lowest BCUT2D eigenvalue weighted by atomic mass is 9.65. The number of fused-ring (bicyclic) bond motifs is 3. The highest BCUT2D eigenvalue weighted by Gasteiger charge is 2.76. The summed E-state index contributed by atoms with van der Waals surface area (Å²) in [5.41, 5.74) is 0.687. The highest BCUT2D eigenvalue weighted by Crippen LogP contribution is 2.66. The van der Waals surface area contributed by atoms with Gasteiger partial charge in [0.1, 0.15) is 36.5 Å². The van der Waals surface area contributed by atoms with Gasteiger partial charge < -0.3 is 29.7 Å². The van der Waals surface area contributed by atoms with Crippen LogP contribution in [-0.4, -0.2) is 69.7 Å². The van der Waals surface area contributed by atoms with Crippen molar-refractivity contribution < 1.29 is 48.5 Å². The summed E-state index contributed by atoms with van der Waals surface area (Å²) in [5, 5.41) is 35.6. The van der Waals surface area contributed by atoms with Crippen LogP contribution in [0.15, 0.2) is 164 Å². The summed E-state index contributed by atoms with van der Waals surface area (Å²) in [6.07, 6.45) is -3.25. The monoisotopic (exact) mass is 888 g/mol. The third-order valence-electron chi connectivity index (χ3n) is 12.6. The number of carbonyl (C=O) groups excluding carboxylic acids is 4. The van der Waals surface area contributed by atoms with E-state index in [-0.39, 0.29) is 49.1 Å². The smallest absolute Gasteiger partial charge is 0.421 e. The van der Waals surface area contributed by atoms with Crippen LogP contribution >= 0.6 is 0 Å². The molecule has 0 aliphatic carbocycles. The average Bonchev–Trinajstić information content (AvgIpc) is 3.81. The molecule has 6 aromatic carbocycles. The van der Waals surface area contributed by atoms with Crippen LogP contribution in [0.5, 0.6) is 5.75 Å². The van der Waals surface area contributed by atoms with E-state index in [1.807, 2.05) is 65.6 Å². The van der Waals surface area contributed by atoms with E-state index in [1.165, 1.54) is 24.3 Å². The van der Waals surface area contributed by atoms with Crippen LogP contribution in [-0.2, 0) is 35.9 Å². The number of nitro groups is 1. The van der Waals surface area contributed by atoms with E-state index < -0.39 is 70.5 Å². The number of non-ortho nitro benzene ring substituents is 1. The quantitative estimate of drug-likeness (QED) is 0.0623. The third-order valence-corrected chi connectivity index (χ3v) is 12.6. The lowest BCUT2D eigenvalue weighted by molar-refractivity contribution is -0.384. The van der Waals surface area contributed by atoms with Crippen molar-refractivity contribution in [1.82, 2.24) is 10.2 Å². The molecule has 3 aliphatic rings. The Labute approximate surface area is 378 Å². The summed E-state index contributed by atoms with van der Waals surface area (Å²) in [6.45, 7) is -1.15. The molecule has 7 atom stereocenters. The van der Waals surface area contributed by atoms with Crippen LogP contribution in [0.1, 0.15) is 57.7 Å². The Balaban J connectivity index is 1.27. The summed E-state index contributed by atoms with van der Waals surface area (Å²) in [5.74, 6) is -3.84. The number of imide groups is 1. The lowest BCUT2D eigenvalue weighted by Gasteiger charge is -2.46. The summed E-state index contributed by atoms with van der Waals surface area (Å²) < 4.78 is 18.5. The van der Waals surface area contributed by atoms with Gasteiger partial charge in [-0.1, -0.05) is 127 Å². The number of aliphatic hydroxyl groups is 2. The van der Waals surface area contributed by atoms with Crippen molar-refractivity contribution in [1.29, 1.82) is 0 Å². The van der Waals surface area contributed by atoms with Gasteiger partial charge in [0.05, 0.1) is 41.3 Å². The van der Waals surface area contributed by atoms with Crippen molar-refractivity contribution in [3.05, 3.63) is 207 Å². The topological polar surface area (TPSA) is 198 Å². The van der Waals surface area contributed by atoms with Gasteiger partial charge in [0.15, 0.2) is 0 Å². The van der Waals surface area contributed by atoms with Crippen LogP contribution in [0, 0.1) is 16.0 Å². The van der Waals surface area contributed by atoms with Gasteiger partial charge in [-0.2, -0.15) is 0 Å². The molecule has 3 heterocycles. The van der Waals surface area contributed by atoms with Gasteiger partial charge in [0, 0.05) is 24.2 Å². The van der Waals surface area contributed by atoms with Crippen LogP contribution in [0.3, 0.4) is 0 Å². The number of hydrogen-bond donors (Lipinski definition) is 3. The zero-order valence-electron chi connectivity index (χ0n) is 35.3. The zero-order valence-corrected chi connectivity index (χ0v) is 35.3. The zero-order chi connectivity index (χ0) is 46.0. The van der Waals surface area contributed by atoms with E-state index in [0.29, 0.717) is 27.8 Å². The van der Waals surface area contributed by atoms with Gasteiger partial charge >= 0.3 is 12.1 Å². The number of carbonyl (C=O) groups is 4. The molecule has 15 heteroatoms. The molecule has 3 amide bonds. The van der Waals surface area contributed by atoms with E-state index in [0.717, 1.165) is 4.90 Å². The number of cyclic esters (lactones) is 1. The van der Waals surface area contributed by atoms with Gasteiger partial charge in [0.25, 0.3) is 5.69 Å². The van der Waals surface area contributed by atoms with Gasteiger partial charge in [-0.15, -0.1) is 0 Å². The molecule has 1 spiro atoms. The minimum Gasteiger partial charge on any atom is -0.491 e. The summed E-state index contributed by atoms with van der Waals surface area (Å²) in [6, 6.07) is 42.3. The van der Waals surface area contributed by atoms with E-state index in [1.54, 1.807) is 78.9 Å². The fourth-order valence-corrected chi connectivity index (χ4v) is 9.83. The van der Waals surface area contributed by atoms with Gasteiger partial charge in [-0.25, -0.2) is 9.69 Å². The average molecular weight is 889 g/mol. The van der Waals surface area contributed by atoms with E-state index in [9.17, 15) is 25.1 Å². The number of morpholine rings is 1. The first-order chi connectivity index (χ1) is 32.1. The number of nitrogens with one attached hydrogen (secondary N) is 1. The molecular formula is C51H44N4O11. The molecule has 15 nitrogen and oxygen atoms in total. The molecule has 3 N–H and O–H groups in total. The van der Waals surface area contributed by atoms with Crippen molar-refractivity contribution in [2.24, 2.45) is 5.92 Å². The van der Waals surface area contributed by atoms with Crippen molar-refractivity contribution in [3.63, 3.8) is 0 Å². The van der Waals surface area contributed by atoms with E-state index in [4.69, 9.17) is 14.2 Å². The molecule has 9 rings (SSSR count). The second-order valence-corrected chi connectivity index (χ2v) is 16.2. The number of benzene rings is 6. The minimum atomic E-state index is -2.12. The van der Waals surface area contributed by atoms with Gasteiger partial charge in [-0.3, -0.25) is 29.4 Å². The number of nitro benzene ring substituents is 1. The maximum Gasteiger partial charge on any atom is 0.421 e. The van der Waals surface area contributed by atoms with Crippen molar-refractivity contribution >= 4 is 35.3 Å². The summed E-state index contributed by atoms with van der Waals surface area (Å²) in [7, 11) is 0. The van der Waals surface area contributed by atoms with Crippen LogP contribution in [0.4, 0.5) is 16.2 Å². The molecule has 6 aromatic rings. The molecule has 0 aromatic heterocycles. The predicted molar refractivity (Wildman–Crippen MR) is 239 cm³/mol. The number of esters is 1. The normalized spacial score (nSPS) is 22.5. The number of ether oxygens (including phenoxy) is 3. The first kappa shape index (κ1) is 43.5. The Hall–Kier alpha value is -7.72. The second kappa shape index (κ2) is 18.4. The van der Waals surface area contributed by atoms with E-state index in [2.05, 4.69) is 5.32 Å². The number of hydrogen-bond acceptors (Lipinski definition) is 12. The molecule has 2 saturated heterocycles. The number of para-hydroxylation sites is 2. The van der Waals surface area contributed by atoms with Crippen molar-refractivity contribution in [3.8, 4) is 5.75 Å². The Morgan fingerprint density at radius 1 is 0.788 bits per heavy atom. The van der Waals surface area contributed by atoms with Gasteiger partial charge in [-0.05, 0) is 52.1 Å². The Morgan fingerprint density at radius 2 is 1.41 bits per heavy atom. The number of anilines is 1. The van der Waals surface area contributed by atoms with Crippen LogP contribution in [0.2, 0.25) is 0 Å². The highest BCUT2D eigenvalue weighted by molar-refractivity contribution is 6.23. The Bertz CT molecular complexity index is 2760.